The van der Waals surface area contributed by atoms with Gasteiger partial charge in [0.1, 0.15) is 0 Å². The molecule has 1 amide bonds. The van der Waals surface area contributed by atoms with E-state index in [0.717, 1.165) is 24.0 Å². The van der Waals surface area contributed by atoms with Gasteiger partial charge >= 0.3 is 0 Å². The molecule has 0 aliphatic rings. The average molecular weight is 262 g/mol. The summed E-state index contributed by atoms with van der Waals surface area (Å²) in [5, 5.41) is 3.04. The highest BCUT2D eigenvalue weighted by Crippen LogP contribution is 2.14. The molecule has 1 rings (SSSR count). The standard InChI is InChI=1S/C16H26N2O/c1-3-4-5-6-7-16(19)18-13(2)15-10-8-14(12-17)9-11-15/h8-11,13H,3-7,12,17H2,1-2H3,(H,18,19). The van der Waals surface area contributed by atoms with Gasteiger partial charge in [0, 0.05) is 13.0 Å². The van der Waals surface area contributed by atoms with E-state index in [-0.39, 0.29) is 11.9 Å². The van der Waals surface area contributed by atoms with Crippen molar-refractivity contribution in [2.75, 3.05) is 0 Å². The molecule has 1 aromatic carbocycles. The lowest BCUT2D eigenvalue weighted by Crippen LogP contribution is -2.26. The second kappa shape index (κ2) is 8.70. The first-order valence-corrected chi connectivity index (χ1v) is 7.25. The molecule has 1 aromatic rings. The summed E-state index contributed by atoms with van der Waals surface area (Å²) < 4.78 is 0. The molecule has 3 N–H and O–H groups in total. The molecular weight excluding hydrogens is 236 g/mol. The van der Waals surface area contributed by atoms with Crippen LogP contribution in [-0.4, -0.2) is 5.91 Å². The van der Waals surface area contributed by atoms with Gasteiger partial charge in [-0.2, -0.15) is 0 Å². The molecule has 0 spiro atoms. The van der Waals surface area contributed by atoms with E-state index in [1.54, 1.807) is 0 Å². The van der Waals surface area contributed by atoms with E-state index < -0.39 is 0 Å². The molecule has 0 saturated carbocycles. The molecule has 3 nitrogen and oxygen atoms in total. The van der Waals surface area contributed by atoms with Gasteiger partial charge in [-0.15, -0.1) is 0 Å². The summed E-state index contributed by atoms with van der Waals surface area (Å²) >= 11 is 0. The number of carbonyl (C=O) groups is 1. The Morgan fingerprint density at radius 3 is 2.47 bits per heavy atom. The van der Waals surface area contributed by atoms with Gasteiger partial charge in [0.05, 0.1) is 6.04 Å². The third-order valence-corrected chi connectivity index (χ3v) is 3.35. The van der Waals surface area contributed by atoms with Crippen molar-refractivity contribution in [3.8, 4) is 0 Å². The Kier molecular flexibility index (Phi) is 7.19. The maximum absolute atomic E-state index is 11.8. The number of amides is 1. The van der Waals surface area contributed by atoms with Crippen molar-refractivity contribution in [2.45, 2.75) is 58.5 Å². The first-order valence-electron chi connectivity index (χ1n) is 7.25. The Morgan fingerprint density at radius 1 is 1.21 bits per heavy atom. The van der Waals surface area contributed by atoms with E-state index in [0.29, 0.717) is 13.0 Å². The minimum atomic E-state index is 0.0606. The molecule has 0 aliphatic heterocycles. The summed E-state index contributed by atoms with van der Waals surface area (Å²) in [7, 11) is 0. The lowest BCUT2D eigenvalue weighted by Gasteiger charge is -2.14. The fourth-order valence-electron chi connectivity index (χ4n) is 2.05. The van der Waals surface area contributed by atoms with E-state index in [4.69, 9.17) is 5.73 Å². The monoisotopic (exact) mass is 262 g/mol. The number of hydrogen-bond acceptors (Lipinski definition) is 2. The normalized spacial score (nSPS) is 12.2. The van der Waals surface area contributed by atoms with Crippen molar-refractivity contribution in [2.24, 2.45) is 5.73 Å². The minimum absolute atomic E-state index is 0.0606. The first kappa shape index (κ1) is 15.7. The highest BCUT2D eigenvalue weighted by atomic mass is 16.1. The molecule has 0 fully saturated rings. The zero-order valence-electron chi connectivity index (χ0n) is 12.1. The molecule has 0 aromatic heterocycles. The van der Waals surface area contributed by atoms with Crippen LogP contribution in [0.1, 0.15) is 63.1 Å². The van der Waals surface area contributed by atoms with E-state index >= 15 is 0 Å². The van der Waals surface area contributed by atoms with Crippen LogP contribution in [0.3, 0.4) is 0 Å². The molecular formula is C16H26N2O. The number of hydrogen-bond donors (Lipinski definition) is 2. The van der Waals surface area contributed by atoms with Crippen molar-refractivity contribution in [1.82, 2.24) is 5.32 Å². The highest BCUT2D eigenvalue weighted by molar-refractivity contribution is 5.76. The molecule has 0 aliphatic carbocycles. The topological polar surface area (TPSA) is 55.1 Å². The van der Waals surface area contributed by atoms with Crippen molar-refractivity contribution < 1.29 is 4.79 Å². The van der Waals surface area contributed by atoms with Crippen LogP contribution >= 0.6 is 0 Å². The summed E-state index contributed by atoms with van der Waals surface area (Å²) in [6, 6.07) is 8.15. The number of nitrogens with one attached hydrogen (secondary N) is 1. The van der Waals surface area contributed by atoms with E-state index in [2.05, 4.69) is 12.2 Å². The molecule has 19 heavy (non-hydrogen) atoms. The predicted molar refractivity (Wildman–Crippen MR) is 79.7 cm³/mol. The van der Waals surface area contributed by atoms with Crippen molar-refractivity contribution in [1.29, 1.82) is 0 Å². The lowest BCUT2D eigenvalue weighted by molar-refractivity contribution is -0.121. The van der Waals surface area contributed by atoms with Gasteiger partial charge in [-0.3, -0.25) is 4.79 Å². The van der Waals surface area contributed by atoms with Gasteiger partial charge in [-0.1, -0.05) is 50.5 Å². The molecule has 0 saturated heterocycles. The summed E-state index contributed by atoms with van der Waals surface area (Å²) in [5.41, 5.74) is 7.80. The van der Waals surface area contributed by atoms with Crippen LogP contribution in [0, 0.1) is 0 Å². The van der Waals surface area contributed by atoms with Gasteiger partial charge in [0.25, 0.3) is 0 Å². The third kappa shape index (κ3) is 5.88. The minimum Gasteiger partial charge on any atom is -0.350 e. The Hall–Kier alpha value is -1.35. The number of rotatable bonds is 8. The molecule has 0 heterocycles. The van der Waals surface area contributed by atoms with Crippen LogP contribution in [0.2, 0.25) is 0 Å². The fourth-order valence-corrected chi connectivity index (χ4v) is 2.05. The Bertz CT molecular complexity index is 373. The van der Waals surface area contributed by atoms with Crippen LogP contribution in [0.5, 0.6) is 0 Å². The fraction of sp³-hybridized carbons (Fsp3) is 0.562. The quantitative estimate of drug-likeness (QED) is 0.706. The van der Waals surface area contributed by atoms with Crippen molar-refractivity contribution in [3.63, 3.8) is 0 Å². The summed E-state index contributed by atoms with van der Waals surface area (Å²) in [5.74, 6) is 0.145. The van der Waals surface area contributed by atoms with Gasteiger partial charge < -0.3 is 11.1 Å². The van der Waals surface area contributed by atoms with Crippen LogP contribution < -0.4 is 11.1 Å². The van der Waals surface area contributed by atoms with Gasteiger partial charge in [0.15, 0.2) is 0 Å². The maximum atomic E-state index is 11.8. The molecule has 106 valence electrons. The molecule has 1 unspecified atom stereocenters. The number of carbonyl (C=O) groups excluding carboxylic acids is 1. The first-order chi connectivity index (χ1) is 9.17. The smallest absolute Gasteiger partial charge is 0.220 e. The van der Waals surface area contributed by atoms with E-state index in [1.807, 2.05) is 31.2 Å². The number of benzene rings is 1. The van der Waals surface area contributed by atoms with Gasteiger partial charge in [0.2, 0.25) is 5.91 Å². The second-order valence-electron chi connectivity index (χ2n) is 5.05. The zero-order chi connectivity index (χ0) is 14.1. The Balaban J connectivity index is 2.36. The Labute approximate surface area is 116 Å². The van der Waals surface area contributed by atoms with Crippen LogP contribution in [0.25, 0.3) is 0 Å². The van der Waals surface area contributed by atoms with Crippen LogP contribution in [0.4, 0.5) is 0 Å². The average Bonchev–Trinajstić information content (AvgIpc) is 2.43. The van der Waals surface area contributed by atoms with Crippen LogP contribution in [0.15, 0.2) is 24.3 Å². The Morgan fingerprint density at radius 2 is 1.89 bits per heavy atom. The largest absolute Gasteiger partial charge is 0.350 e. The maximum Gasteiger partial charge on any atom is 0.220 e. The predicted octanol–water partition coefficient (Wildman–Crippen LogP) is 3.29. The van der Waals surface area contributed by atoms with Crippen molar-refractivity contribution in [3.05, 3.63) is 35.4 Å². The number of unbranched alkanes of at least 4 members (excludes halogenated alkanes) is 3. The molecule has 0 bridgehead atoms. The van der Waals surface area contributed by atoms with Crippen molar-refractivity contribution >= 4 is 5.91 Å². The van der Waals surface area contributed by atoms with Gasteiger partial charge in [-0.25, -0.2) is 0 Å². The lowest BCUT2D eigenvalue weighted by atomic mass is 10.1. The van der Waals surface area contributed by atoms with E-state index in [1.165, 1.54) is 12.8 Å². The summed E-state index contributed by atoms with van der Waals surface area (Å²) in [6.45, 7) is 4.74. The zero-order valence-corrected chi connectivity index (χ0v) is 12.1. The van der Waals surface area contributed by atoms with Gasteiger partial charge in [-0.05, 0) is 24.5 Å². The second-order valence-corrected chi connectivity index (χ2v) is 5.05. The molecule has 0 radical (unpaired) electrons. The summed E-state index contributed by atoms with van der Waals surface area (Å²) in [4.78, 5) is 11.8. The summed E-state index contributed by atoms with van der Waals surface area (Å²) in [6.07, 6.45) is 5.17. The van der Waals surface area contributed by atoms with Crippen LogP contribution in [-0.2, 0) is 11.3 Å². The molecule has 3 heteroatoms. The number of nitrogens with two attached hydrogens (primary N) is 1. The third-order valence-electron chi connectivity index (χ3n) is 3.35. The highest BCUT2D eigenvalue weighted by Gasteiger charge is 2.08. The SMILES string of the molecule is CCCCCCC(=O)NC(C)c1ccc(CN)cc1. The van der Waals surface area contributed by atoms with E-state index in [9.17, 15) is 4.79 Å². The molecule has 1 atom stereocenters.